The van der Waals surface area contributed by atoms with Crippen molar-refractivity contribution >= 4 is 11.6 Å². The number of hydrogen-bond acceptors (Lipinski definition) is 2. The molecule has 2 aromatic rings. The highest BCUT2D eigenvalue weighted by molar-refractivity contribution is 6.17. The second-order valence-corrected chi connectivity index (χ2v) is 5.16. The van der Waals surface area contributed by atoms with Crippen LogP contribution in [0, 0.1) is 0 Å². The van der Waals surface area contributed by atoms with Crippen LogP contribution < -0.4 is 10.3 Å². The van der Waals surface area contributed by atoms with E-state index in [1.165, 1.54) is 0 Å². The largest absolute Gasteiger partial charge is 0.496 e. The van der Waals surface area contributed by atoms with Crippen LogP contribution in [0.15, 0.2) is 41.2 Å². The molecule has 1 heterocycles. The zero-order chi connectivity index (χ0) is 15.2. The molecule has 21 heavy (non-hydrogen) atoms. The molecule has 0 aliphatic carbocycles. The number of hydrogen-bond donors (Lipinski definition) is 0. The molecule has 0 atom stereocenters. The van der Waals surface area contributed by atoms with Gasteiger partial charge in [-0.05, 0) is 24.6 Å². The Kier molecular flexibility index (Phi) is 5.45. The third-order valence-electron chi connectivity index (χ3n) is 3.52. The molecule has 4 heteroatoms. The summed E-state index contributed by atoms with van der Waals surface area (Å²) in [4.78, 5) is 12.5. The van der Waals surface area contributed by atoms with E-state index >= 15 is 0 Å². The van der Waals surface area contributed by atoms with Crippen LogP contribution in [0.5, 0.6) is 5.75 Å². The van der Waals surface area contributed by atoms with Gasteiger partial charge in [-0.15, -0.1) is 11.6 Å². The standard InChI is InChI=1S/C17H20ClNO2/c1-3-4-11-19-15(10-9-13(12-18)17(19)20)14-7-5-6-8-16(14)21-2/h5-10H,3-4,11-12H2,1-2H3. The van der Waals surface area contributed by atoms with Crippen molar-refractivity contribution in [2.75, 3.05) is 7.11 Å². The lowest BCUT2D eigenvalue weighted by atomic mass is 10.1. The average molecular weight is 306 g/mol. The Morgan fingerprint density at radius 2 is 1.95 bits per heavy atom. The van der Waals surface area contributed by atoms with Crippen molar-refractivity contribution in [2.45, 2.75) is 32.2 Å². The van der Waals surface area contributed by atoms with Gasteiger partial charge in [0.25, 0.3) is 5.56 Å². The predicted octanol–water partition coefficient (Wildman–Crippen LogP) is 4.06. The van der Waals surface area contributed by atoms with E-state index in [1.807, 2.05) is 30.3 Å². The second kappa shape index (κ2) is 7.32. The Morgan fingerprint density at radius 3 is 2.62 bits per heavy atom. The summed E-state index contributed by atoms with van der Waals surface area (Å²) >= 11 is 5.86. The molecule has 0 saturated carbocycles. The van der Waals surface area contributed by atoms with E-state index in [0.717, 1.165) is 29.8 Å². The van der Waals surface area contributed by atoms with Crippen molar-refractivity contribution in [3.8, 4) is 17.0 Å². The highest BCUT2D eigenvalue weighted by atomic mass is 35.5. The minimum atomic E-state index is -0.0122. The first-order chi connectivity index (χ1) is 10.2. The lowest BCUT2D eigenvalue weighted by Crippen LogP contribution is -2.24. The lowest BCUT2D eigenvalue weighted by Gasteiger charge is -2.16. The first-order valence-electron chi connectivity index (χ1n) is 7.15. The smallest absolute Gasteiger partial charge is 0.255 e. The van der Waals surface area contributed by atoms with E-state index in [1.54, 1.807) is 17.7 Å². The first-order valence-corrected chi connectivity index (χ1v) is 7.68. The third-order valence-corrected chi connectivity index (χ3v) is 3.80. The molecule has 0 unspecified atom stereocenters. The molecule has 0 spiro atoms. The summed E-state index contributed by atoms with van der Waals surface area (Å²) in [6, 6.07) is 11.5. The zero-order valence-corrected chi connectivity index (χ0v) is 13.2. The zero-order valence-electron chi connectivity index (χ0n) is 12.4. The van der Waals surface area contributed by atoms with Gasteiger partial charge >= 0.3 is 0 Å². The number of nitrogens with zero attached hydrogens (tertiary/aromatic N) is 1. The maximum Gasteiger partial charge on any atom is 0.255 e. The van der Waals surface area contributed by atoms with Crippen LogP contribution in [0.2, 0.25) is 0 Å². The number of para-hydroxylation sites is 1. The molecule has 3 nitrogen and oxygen atoms in total. The van der Waals surface area contributed by atoms with Gasteiger partial charge in [0.15, 0.2) is 0 Å². The molecule has 0 radical (unpaired) electrons. The summed E-state index contributed by atoms with van der Waals surface area (Å²) in [5.74, 6) is 0.998. The number of alkyl halides is 1. The summed E-state index contributed by atoms with van der Waals surface area (Å²) in [6.07, 6.45) is 1.98. The molecule has 0 N–H and O–H groups in total. The van der Waals surface area contributed by atoms with Gasteiger partial charge in [0.05, 0.1) is 18.7 Å². The van der Waals surface area contributed by atoms with Gasteiger partial charge in [-0.3, -0.25) is 4.79 Å². The van der Waals surface area contributed by atoms with E-state index in [4.69, 9.17) is 16.3 Å². The number of pyridine rings is 1. The normalized spacial score (nSPS) is 10.6. The summed E-state index contributed by atoms with van der Waals surface area (Å²) < 4.78 is 7.22. The minimum Gasteiger partial charge on any atom is -0.496 e. The van der Waals surface area contributed by atoms with E-state index in [9.17, 15) is 4.79 Å². The topological polar surface area (TPSA) is 31.2 Å². The maximum atomic E-state index is 12.5. The summed E-state index contributed by atoms with van der Waals surface area (Å²) in [7, 11) is 1.64. The Bertz CT molecular complexity index is 664. The summed E-state index contributed by atoms with van der Waals surface area (Å²) in [6.45, 7) is 2.80. The number of unbranched alkanes of at least 4 members (excludes halogenated alkanes) is 1. The fourth-order valence-corrected chi connectivity index (χ4v) is 2.56. The van der Waals surface area contributed by atoms with Crippen LogP contribution in [-0.4, -0.2) is 11.7 Å². The van der Waals surface area contributed by atoms with Gasteiger partial charge in [0.2, 0.25) is 0 Å². The molecule has 112 valence electrons. The quantitative estimate of drug-likeness (QED) is 0.754. The Hall–Kier alpha value is -1.74. The van der Waals surface area contributed by atoms with Crippen molar-refractivity contribution < 1.29 is 4.74 Å². The second-order valence-electron chi connectivity index (χ2n) is 4.89. The van der Waals surface area contributed by atoms with Crippen molar-refractivity contribution in [3.63, 3.8) is 0 Å². The molecule has 0 fully saturated rings. The third kappa shape index (κ3) is 3.30. The molecule has 0 aliphatic heterocycles. The lowest BCUT2D eigenvalue weighted by molar-refractivity contribution is 0.416. The Balaban J connectivity index is 2.62. The molecule has 1 aromatic heterocycles. The van der Waals surface area contributed by atoms with Crippen molar-refractivity contribution in [1.29, 1.82) is 0 Å². The van der Waals surface area contributed by atoms with Gasteiger partial charge in [-0.2, -0.15) is 0 Å². The van der Waals surface area contributed by atoms with E-state index in [2.05, 4.69) is 6.92 Å². The van der Waals surface area contributed by atoms with E-state index in [-0.39, 0.29) is 11.4 Å². The fourth-order valence-electron chi connectivity index (χ4n) is 2.35. The monoisotopic (exact) mass is 305 g/mol. The minimum absolute atomic E-state index is 0.0122. The summed E-state index contributed by atoms with van der Waals surface area (Å²) in [5, 5.41) is 0. The van der Waals surface area contributed by atoms with Crippen LogP contribution in [0.4, 0.5) is 0 Å². The Morgan fingerprint density at radius 1 is 1.19 bits per heavy atom. The summed E-state index contributed by atoms with van der Waals surface area (Å²) in [5.41, 5.74) is 2.42. The van der Waals surface area contributed by atoms with E-state index < -0.39 is 0 Å². The molecular weight excluding hydrogens is 286 g/mol. The number of halogens is 1. The van der Waals surface area contributed by atoms with Crippen molar-refractivity contribution in [1.82, 2.24) is 4.57 Å². The predicted molar refractivity (Wildman–Crippen MR) is 87.2 cm³/mol. The highest BCUT2D eigenvalue weighted by Crippen LogP contribution is 2.29. The molecule has 0 saturated heterocycles. The fraction of sp³-hybridized carbons (Fsp3) is 0.353. The maximum absolute atomic E-state index is 12.5. The van der Waals surface area contributed by atoms with Crippen molar-refractivity contribution in [3.05, 3.63) is 52.3 Å². The number of aromatic nitrogens is 1. The van der Waals surface area contributed by atoms with Gasteiger partial charge in [0.1, 0.15) is 5.75 Å². The number of benzene rings is 1. The number of methoxy groups -OCH3 is 1. The molecule has 0 aliphatic rings. The highest BCUT2D eigenvalue weighted by Gasteiger charge is 2.13. The van der Waals surface area contributed by atoms with Gasteiger partial charge in [-0.25, -0.2) is 0 Å². The molecule has 0 amide bonds. The van der Waals surface area contributed by atoms with Gasteiger partial charge < -0.3 is 9.30 Å². The van der Waals surface area contributed by atoms with Crippen LogP contribution in [0.25, 0.3) is 11.3 Å². The van der Waals surface area contributed by atoms with Crippen molar-refractivity contribution in [2.24, 2.45) is 0 Å². The number of ether oxygens (including phenoxy) is 1. The van der Waals surface area contributed by atoms with Crippen LogP contribution in [-0.2, 0) is 12.4 Å². The van der Waals surface area contributed by atoms with Crippen LogP contribution in [0.3, 0.4) is 0 Å². The van der Waals surface area contributed by atoms with Gasteiger partial charge in [-0.1, -0.05) is 31.5 Å². The van der Waals surface area contributed by atoms with Crippen LogP contribution in [0.1, 0.15) is 25.3 Å². The Labute approximate surface area is 130 Å². The SMILES string of the molecule is CCCCn1c(-c2ccccc2OC)ccc(CCl)c1=O. The molecule has 0 bridgehead atoms. The first kappa shape index (κ1) is 15.6. The molecule has 2 rings (SSSR count). The van der Waals surface area contributed by atoms with Crippen LogP contribution >= 0.6 is 11.6 Å². The average Bonchev–Trinajstić information content (AvgIpc) is 2.53. The van der Waals surface area contributed by atoms with Gasteiger partial charge in [0, 0.05) is 17.7 Å². The number of rotatable bonds is 6. The molecular formula is C17H20ClNO2. The van der Waals surface area contributed by atoms with E-state index in [0.29, 0.717) is 12.1 Å². The molecule has 1 aromatic carbocycles.